The highest BCUT2D eigenvalue weighted by atomic mass is 16.3. The van der Waals surface area contributed by atoms with Crippen LogP contribution in [0.4, 0.5) is 0 Å². The highest BCUT2D eigenvalue weighted by molar-refractivity contribution is 5.75. The standard InChI is InChI=1S/C18H21N5O2/c1-12(2)14-6-8-15(9-7-14)18-20-22-23(21-18)11-17(24)19-13(3)16-5-4-10-25-16/h4-10,12-13H,11H2,1-3H3,(H,19,24)/t13-/m0/s1. The summed E-state index contributed by atoms with van der Waals surface area (Å²) in [5.74, 6) is 1.47. The van der Waals surface area contributed by atoms with Crippen molar-refractivity contribution in [1.82, 2.24) is 25.5 Å². The van der Waals surface area contributed by atoms with Crippen molar-refractivity contribution in [2.24, 2.45) is 0 Å². The number of benzene rings is 1. The van der Waals surface area contributed by atoms with Crippen LogP contribution < -0.4 is 5.32 Å². The third-order valence-corrected chi connectivity index (χ3v) is 3.92. The van der Waals surface area contributed by atoms with E-state index in [1.807, 2.05) is 25.1 Å². The molecule has 0 aliphatic heterocycles. The fourth-order valence-corrected chi connectivity index (χ4v) is 2.47. The van der Waals surface area contributed by atoms with Gasteiger partial charge in [0.15, 0.2) is 0 Å². The van der Waals surface area contributed by atoms with Crippen LogP contribution in [0.15, 0.2) is 47.1 Å². The van der Waals surface area contributed by atoms with Crippen molar-refractivity contribution in [1.29, 1.82) is 0 Å². The first-order chi connectivity index (χ1) is 12.0. The average Bonchev–Trinajstić information content (AvgIpc) is 3.26. The maximum atomic E-state index is 12.1. The summed E-state index contributed by atoms with van der Waals surface area (Å²) in [6.45, 7) is 6.15. The highest BCUT2D eigenvalue weighted by Crippen LogP contribution is 2.19. The first-order valence-corrected chi connectivity index (χ1v) is 8.24. The zero-order valence-electron chi connectivity index (χ0n) is 14.5. The van der Waals surface area contributed by atoms with Gasteiger partial charge in [0.1, 0.15) is 12.3 Å². The molecule has 0 bridgehead atoms. The number of furan rings is 1. The highest BCUT2D eigenvalue weighted by Gasteiger charge is 2.14. The van der Waals surface area contributed by atoms with Crippen molar-refractivity contribution in [3.63, 3.8) is 0 Å². The molecule has 0 radical (unpaired) electrons. The summed E-state index contributed by atoms with van der Waals surface area (Å²) >= 11 is 0. The summed E-state index contributed by atoms with van der Waals surface area (Å²) in [5.41, 5.74) is 2.13. The van der Waals surface area contributed by atoms with Crippen molar-refractivity contribution in [3.8, 4) is 11.4 Å². The molecule has 2 heterocycles. The molecule has 0 saturated carbocycles. The Morgan fingerprint density at radius 1 is 1.20 bits per heavy atom. The van der Waals surface area contributed by atoms with E-state index < -0.39 is 0 Å². The monoisotopic (exact) mass is 339 g/mol. The topological polar surface area (TPSA) is 85.8 Å². The van der Waals surface area contributed by atoms with Crippen LogP contribution in [0.25, 0.3) is 11.4 Å². The molecule has 0 fully saturated rings. The number of hydrogen-bond acceptors (Lipinski definition) is 5. The van der Waals surface area contributed by atoms with E-state index in [0.29, 0.717) is 17.5 Å². The molecule has 2 aromatic heterocycles. The predicted octanol–water partition coefficient (Wildman–Crippen LogP) is 2.93. The number of hydrogen-bond donors (Lipinski definition) is 1. The fraction of sp³-hybridized carbons (Fsp3) is 0.333. The lowest BCUT2D eigenvalue weighted by Crippen LogP contribution is -2.30. The van der Waals surface area contributed by atoms with Gasteiger partial charge in [0.05, 0.1) is 12.3 Å². The van der Waals surface area contributed by atoms with Crippen LogP contribution in [0.3, 0.4) is 0 Å². The first kappa shape index (κ1) is 16.9. The lowest BCUT2D eigenvalue weighted by atomic mass is 10.0. The summed E-state index contributed by atoms with van der Waals surface area (Å²) in [4.78, 5) is 13.4. The molecule has 1 amide bonds. The van der Waals surface area contributed by atoms with E-state index in [1.54, 1.807) is 12.3 Å². The Bertz CT molecular complexity index is 822. The number of carbonyl (C=O) groups excluding carboxylic acids is 1. The molecule has 0 saturated heterocycles. The van der Waals surface area contributed by atoms with Gasteiger partial charge in [-0.1, -0.05) is 38.1 Å². The molecule has 0 spiro atoms. The van der Waals surface area contributed by atoms with Crippen LogP contribution in [-0.2, 0) is 11.3 Å². The Morgan fingerprint density at radius 2 is 1.96 bits per heavy atom. The molecular weight excluding hydrogens is 318 g/mol. The zero-order chi connectivity index (χ0) is 17.8. The van der Waals surface area contributed by atoms with Crippen LogP contribution in [-0.4, -0.2) is 26.1 Å². The maximum absolute atomic E-state index is 12.1. The van der Waals surface area contributed by atoms with Crippen molar-refractivity contribution in [2.45, 2.75) is 39.3 Å². The lowest BCUT2D eigenvalue weighted by Gasteiger charge is -2.10. The summed E-state index contributed by atoms with van der Waals surface area (Å²) in [7, 11) is 0. The SMILES string of the molecule is CC(C)c1ccc(-c2nnn(CC(=O)N[C@@H](C)c3ccco3)n2)cc1. The second-order valence-corrected chi connectivity index (χ2v) is 6.22. The van der Waals surface area contributed by atoms with E-state index in [9.17, 15) is 4.79 Å². The molecule has 3 rings (SSSR count). The molecule has 0 aliphatic rings. The second-order valence-electron chi connectivity index (χ2n) is 6.22. The van der Waals surface area contributed by atoms with E-state index in [-0.39, 0.29) is 18.5 Å². The van der Waals surface area contributed by atoms with Crippen molar-refractivity contribution in [2.75, 3.05) is 0 Å². The largest absolute Gasteiger partial charge is 0.467 e. The molecule has 0 aliphatic carbocycles. The molecular formula is C18H21N5O2. The number of carbonyl (C=O) groups is 1. The van der Waals surface area contributed by atoms with Gasteiger partial charge in [0.25, 0.3) is 0 Å². The molecule has 3 aromatic rings. The Balaban J connectivity index is 1.62. The van der Waals surface area contributed by atoms with Gasteiger partial charge < -0.3 is 9.73 Å². The van der Waals surface area contributed by atoms with Gasteiger partial charge in [-0.3, -0.25) is 4.79 Å². The predicted molar refractivity (Wildman–Crippen MR) is 92.6 cm³/mol. The number of tetrazole rings is 1. The Kier molecular flexibility index (Phi) is 4.92. The Hall–Kier alpha value is -2.96. The number of amides is 1. The van der Waals surface area contributed by atoms with Crippen LogP contribution in [0.5, 0.6) is 0 Å². The number of nitrogens with one attached hydrogen (secondary N) is 1. The average molecular weight is 339 g/mol. The molecule has 7 heteroatoms. The van der Waals surface area contributed by atoms with Crippen molar-refractivity contribution >= 4 is 5.91 Å². The minimum atomic E-state index is -0.214. The minimum Gasteiger partial charge on any atom is -0.467 e. The molecule has 25 heavy (non-hydrogen) atoms. The van der Waals surface area contributed by atoms with Crippen molar-refractivity contribution < 1.29 is 9.21 Å². The van der Waals surface area contributed by atoms with Crippen LogP contribution in [0.1, 0.15) is 44.1 Å². The third-order valence-electron chi connectivity index (χ3n) is 3.92. The van der Waals surface area contributed by atoms with E-state index in [4.69, 9.17) is 4.42 Å². The Labute approximate surface area is 146 Å². The van der Waals surface area contributed by atoms with Crippen molar-refractivity contribution in [3.05, 3.63) is 54.0 Å². The van der Waals surface area contributed by atoms with E-state index in [1.165, 1.54) is 10.4 Å². The second kappa shape index (κ2) is 7.29. The third kappa shape index (κ3) is 4.12. The van der Waals surface area contributed by atoms with Gasteiger partial charge in [-0.25, -0.2) is 0 Å². The summed E-state index contributed by atoms with van der Waals surface area (Å²) < 4.78 is 5.27. The zero-order valence-corrected chi connectivity index (χ0v) is 14.5. The maximum Gasteiger partial charge on any atom is 0.244 e. The quantitative estimate of drug-likeness (QED) is 0.746. The molecule has 7 nitrogen and oxygen atoms in total. The van der Waals surface area contributed by atoms with Crippen LogP contribution in [0, 0.1) is 0 Å². The number of nitrogens with zero attached hydrogens (tertiary/aromatic N) is 4. The van der Waals surface area contributed by atoms with E-state index in [2.05, 4.69) is 46.7 Å². The van der Waals surface area contributed by atoms with Gasteiger partial charge in [-0.2, -0.15) is 4.80 Å². The first-order valence-electron chi connectivity index (χ1n) is 8.24. The van der Waals surface area contributed by atoms with E-state index in [0.717, 1.165) is 5.56 Å². The normalized spacial score (nSPS) is 12.3. The molecule has 1 N–H and O–H groups in total. The summed E-state index contributed by atoms with van der Waals surface area (Å²) in [6, 6.07) is 11.4. The van der Waals surface area contributed by atoms with Crippen LogP contribution in [0.2, 0.25) is 0 Å². The molecule has 1 aromatic carbocycles. The number of aromatic nitrogens is 4. The van der Waals surface area contributed by atoms with Gasteiger partial charge in [-0.05, 0) is 35.8 Å². The molecule has 130 valence electrons. The van der Waals surface area contributed by atoms with Gasteiger partial charge in [0, 0.05) is 5.56 Å². The smallest absolute Gasteiger partial charge is 0.244 e. The lowest BCUT2D eigenvalue weighted by molar-refractivity contribution is -0.122. The van der Waals surface area contributed by atoms with E-state index >= 15 is 0 Å². The summed E-state index contributed by atoms with van der Waals surface area (Å²) in [6.07, 6.45) is 1.58. The van der Waals surface area contributed by atoms with Gasteiger partial charge in [0.2, 0.25) is 11.7 Å². The molecule has 1 atom stereocenters. The minimum absolute atomic E-state index is 0.00211. The van der Waals surface area contributed by atoms with Gasteiger partial charge in [-0.15, -0.1) is 10.2 Å². The van der Waals surface area contributed by atoms with Gasteiger partial charge >= 0.3 is 0 Å². The number of rotatable bonds is 6. The summed E-state index contributed by atoms with van der Waals surface area (Å²) in [5, 5.41) is 15.1. The van der Waals surface area contributed by atoms with Crippen LogP contribution >= 0.6 is 0 Å². The fourth-order valence-electron chi connectivity index (χ4n) is 2.47. The Morgan fingerprint density at radius 3 is 2.60 bits per heavy atom. The molecule has 0 unspecified atom stereocenters.